The number of aryl methyl sites for hydroxylation is 1. The van der Waals surface area contributed by atoms with Gasteiger partial charge in [0.15, 0.2) is 5.17 Å². The van der Waals surface area contributed by atoms with Gasteiger partial charge in [0.2, 0.25) is 0 Å². The van der Waals surface area contributed by atoms with Crippen LogP contribution < -0.4 is 5.32 Å². The summed E-state index contributed by atoms with van der Waals surface area (Å²) in [5, 5.41) is 9.16. The van der Waals surface area contributed by atoms with Gasteiger partial charge in [-0.05, 0) is 18.9 Å². The van der Waals surface area contributed by atoms with E-state index in [9.17, 15) is 0 Å². The molecule has 1 saturated carbocycles. The fourth-order valence-electron chi connectivity index (χ4n) is 2.78. The Bertz CT molecular complexity index is 446. The molecule has 0 bridgehead atoms. The molecule has 1 saturated heterocycles. The number of thioether (sulfide) groups is 1. The minimum absolute atomic E-state index is 0.383. The molecule has 98 valence electrons. The minimum Gasteiger partial charge on any atom is -0.359 e. The smallest absolute Gasteiger partial charge is 0.157 e. The second kappa shape index (κ2) is 4.96. The molecule has 1 N–H and O–H groups in total. The van der Waals surface area contributed by atoms with Crippen LogP contribution in [0.1, 0.15) is 31.4 Å². The van der Waals surface area contributed by atoms with Crippen LogP contribution in [0, 0.1) is 0 Å². The van der Waals surface area contributed by atoms with E-state index in [0.717, 1.165) is 23.8 Å². The summed E-state index contributed by atoms with van der Waals surface area (Å²) in [4.78, 5) is 4.67. The van der Waals surface area contributed by atoms with Gasteiger partial charge in [0.25, 0.3) is 0 Å². The predicted molar refractivity (Wildman–Crippen MR) is 76.0 cm³/mol. The number of amidine groups is 1. The molecule has 0 atom stereocenters. The summed E-state index contributed by atoms with van der Waals surface area (Å²) < 4.78 is 1.85. The normalized spacial score (nSPS) is 23.9. The van der Waals surface area contributed by atoms with Crippen molar-refractivity contribution >= 4 is 16.9 Å². The maximum atomic E-state index is 4.67. The maximum Gasteiger partial charge on any atom is 0.157 e. The SMILES string of the molecule is Cn1ccc(CCN=C2NC3(CCCC3)CS2)n1. The molecule has 3 rings (SSSR count). The maximum absolute atomic E-state index is 4.67. The molecule has 1 aromatic rings. The third-order valence-electron chi connectivity index (χ3n) is 3.81. The van der Waals surface area contributed by atoms with Gasteiger partial charge < -0.3 is 5.32 Å². The van der Waals surface area contributed by atoms with E-state index in [2.05, 4.69) is 21.5 Å². The summed E-state index contributed by atoms with van der Waals surface area (Å²) in [7, 11) is 1.95. The van der Waals surface area contributed by atoms with Crippen molar-refractivity contribution in [3.63, 3.8) is 0 Å². The molecule has 5 heteroatoms. The van der Waals surface area contributed by atoms with Gasteiger partial charge in [-0.15, -0.1) is 0 Å². The van der Waals surface area contributed by atoms with Crippen LogP contribution >= 0.6 is 11.8 Å². The van der Waals surface area contributed by atoms with E-state index in [0.29, 0.717) is 5.54 Å². The molecule has 0 aromatic carbocycles. The molecule has 1 spiro atoms. The summed E-state index contributed by atoms with van der Waals surface area (Å²) in [6.07, 6.45) is 8.29. The third-order valence-corrected chi connectivity index (χ3v) is 5.01. The van der Waals surface area contributed by atoms with E-state index >= 15 is 0 Å². The Balaban J connectivity index is 1.52. The lowest BCUT2D eigenvalue weighted by Gasteiger charge is -2.21. The highest BCUT2D eigenvalue weighted by atomic mass is 32.2. The van der Waals surface area contributed by atoms with Gasteiger partial charge in [0.05, 0.1) is 5.69 Å². The number of aliphatic imine (C=N–C) groups is 1. The van der Waals surface area contributed by atoms with Gasteiger partial charge in [-0.25, -0.2) is 0 Å². The highest BCUT2D eigenvalue weighted by molar-refractivity contribution is 8.14. The zero-order valence-electron chi connectivity index (χ0n) is 10.9. The first-order valence-corrected chi connectivity index (χ1v) is 7.68. The largest absolute Gasteiger partial charge is 0.359 e. The van der Waals surface area contributed by atoms with E-state index in [1.165, 1.54) is 31.4 Å². The highest BCUT2D eigenvalue weighted by Crippen LogP contribution is 2.37. The first kappa shape index (κ1) is 12.1. The molecular formula is C13H20N4S. The Morgan fingerprint density at radius 3 is 3.06 bits per heavy atom. The van der Waals surface area contributed by atoms with Crippen molar-refractivity contribution in [2.75, 3.05) is 12.3 Å². The highest BCUT2D eigenvalue weighted by Gasteiger charge is 2.39. The molecule has 2 fully saturated rings. The van der Waals surface area contributed by atoms with Crippen LogP contribution in [0.25, 0.3) is 0 Å². The van der Waals surface area contributed by atoms with Crippen LogP contribution in [-0.4, -0.2) is 32.8 Å². The van der Waals surface area contributed by atoms with Gasteiger partial charge >= 0.3 is 0 Å². The molecule has 1 aromatic heterocycles. The van der Waals surface area contributed by atoms with Crippen molar-refractivity contribution < 1.29 is 0 Å². The zero-order valence-corrected chi connectivity index (χ0v) is 11.7. The van der Waals surface area contributed by atoms with Gasteiger partial charge in [0.1, 0.15) is 0 Å². The average Bonchev–Trinajstić information content (AvgIpc) is 3.05. The third kappa shape index (κ3) is 2.55. The van der Waals surface area contributed by atoms with Crippen molar-refractivity contribution in [1.29, 1.82) is 0 Å². The molecule has 2 heterocycles. The topological polar surface area (TPSA) is 42.2 Å². The van der Waals surface area contributed by atoms with E-state index in [1.807, 2.05) is 29.7 Å². The summed E-state index contributed by atoms with van der Waals surface area (Å²) in [6.45, 7) is 0.836. The zero-order chi connectivity index (χ0) is 12.4. The Morgan fingerprint density at radius 2 is 2.33 bits per heavy atom. The van der Waals surface area contributed by atoms with Crippen LogP contribution in [0.2, 0.25) is 0 Å². The van der Waals surface area contributed by atoms with Crippen LogP contribution in [0.5, 0.6) is 0 Å². The number of nitrogens with one attached hydrogen (secondary N) is 1. The Morgan fingerprint density at radius 1 is 1.50 bits per heavy atom. The molecule has 0 unspecified atom stereocenters. The Kier molecular flexibility index (Phi) is 3.33. The molecular weight excluding hydrogens is 244 g/mol. The first-order valence-electron chi connectivity index (χ1n) is 6.70. The van der Waals surface area contributed by atoms with Crippen molar-refractivity contribution in [2.24, 2.45) is 12.0 Å². The van der Waals surface area contributed by atoms with Crippen LogP contribution in [-0.2, 0) is 13.5 Å². The van der Waals surface area contributed by atoms with Crippen LogP contribution in [0.15, 0.2) is 17.3 Å². The lowest BCUT2D eigenvalue weighted by atomic mass is 10.0. The number of rotatable bonds is 3. The minimum atomic E-state index is 0.383. The lowest BCUT2D eigenvalue weighted by Crippen LogP contribution is -2.40. The summed E-state index contributed by atoms with van der Waals surface area (Å²) in [5.74, 6) is 1.20. The number of nitrogens with zero attached hydrogens (tertiary/aromatic N) is 3. The van der Waals surface area contributed by atoms with Crippen molar-refractivity contribution in [3.8, 4) is 0 Å². The van der Waals surface area contributed by atoms with Crippen molar-refractivity contribution in [3.05, 3.63) is 18.0 Å². The molecule has 1 aliphatic heterocycles. The second-order valence-electron chi connectivity index (χ2n) is 5.32. The first-order chi connectivity index (χ1) is 8.76. The molecule has 0 radical (unpaired) electrons. The number of hydrogen-bond acceptors (Lipinski definition) is 3. The number of hydrogen-bond donors (Lipinski definition) is 1. The van der Waals surface area contributed by atoms with E-state index in [-0.39, 0.29) is 0 Å². The van der Waals surface area contributed by atoms with E-state index in [4.69, 9.17) is 0 Å². The van der Waals surface area contributed by atoms with Gasteiger partial charge in [0, 0.05) is 37.5 Å². The summed E-state index contributed by atoms with van der Waals surface area (Å²) >= 11 is 1.89. The molecule has 4 nitrogen and oxygen atoms in total. The van der Waals surface area contributed by atoms with Gasteiger partial charge in [-0.3, -0.25) is 9.67 Å². The van der Waals surface area contributed by atoms with Crippen LogP contribution in [0.4, 0.5) is 0 Å². The van der Waals surface area contributed by atoms with Crippen molar-refractivity contribution in [2.45, 2.75) is 37.6 Å². The van der Waals surface area contributed by atoms with Crippen LogP contribution in [0.3, 0.4) is 0 Å². The fraction of sp³-hybridized carbons (Fsp3) is 0.692. The quantitative estimate of drug-likeness (QED) is 0.907. The Labute approximate surface area is 112 Å². The predicted octanol–water partition coefficient (Wildman–Crippen LogP) is 1.97. The fourth-order valence-corrected chi connectivity index (χ4v) is 4.03. The molecule has 18 heavy (non-hydrogen) atoms. The number of aromatic nitrogens is 2. The average molecular weight is 264 g/mol. The second-order valence-corrected chi connectivity index (χ2v) is 6.28. The van der Waals surface area contributed by atoms with E-state index in [1.54, 1.807) is 0 Å². The van der Waals surface area contributed by atoms with E-state index < -0.39 is 0 Å². The monoisotopic (exact) mass is 264 g/mol. The summed E-state index contributed by atoms with van der Waals surface area (Å²) in [6, 6.07) is 2.06. The van der Waals surface area contributed by atoms with Gasteiger partial charge in [-0.2, -0.15) is 5.10 Å². The summed E-state index contributed by atoms with van der Waals surface area (Å²) in [5.41, 5.74) is 1.51. The van der Waals surface area contributed by atoms with Crippen molar-refractivity contribution in [1.82, 2.24) is 15.1 Å². The lowest BCUT2D eigenvalue weighted by molar-refractivity contribution is 0.452. The van der Waals surface area contributed by atoms with Gasteiger partial charge in [-0.1, -0.05) is 24.6 Å². The molecule has 0 amide bonds. The Hall–Kier alpha value is -0.970. The molecule has 2 aliphatic rings. The molecule has 1 aliphatic carbocycles. The standard InChI is InChI=1S/C13H20N4S/c1-17-9-5-11(16-17)4-8-14-12-15-13(10-18-12)6-2-3-7-13/h5,9H,2-4,6-8,10H2,1H3,(H,14,15).